The zero-order valence-electron chi connectivity index (χ0n) is 18.9. The normalized spacial score (nSPS) is 24.3. The lowest BCUT2D eigenvalue weighted by molar-refractivity contribution is 0.0126. The molecule has 182 valence electrons. The summed E-state index contributed by atoms with van der Waals surface area (Å²) in [7, 11) is 0. The Kier molecular flexibility index (Phi) is 6.56. The minimum absolute atomic E-state index is 0.0780. The first-order chi connectivity index (χ1) is 16.0. The average Bonchev–Trinajstić information content (AvgIpc) is 3.14. The van der Waals surface area contributed by atoms with E-state index in [-0.39, 0.29) is 28.4 Å². The Balaban J connectivity index is 1.58. The van der Waals surface area contributed by atoms with Gasteiger partial charge in [0.25, 0.3) is 11.8 Å². The summed E-state index contributed by atoms with van der Waals surface area (Å²) in [6, 6.07) is 6.85. The molecule has 0 radical (unpaired) electrons. The van der Waals surface area contributed by atoms with E-state index in [9.17, 15) is 28.6 Å². The zero-order valence-corrected chi connectivity index (χ0v) is 19.7. The number of pyridine rings is 1. The monoisotopic (exact) mass is 491 g/mol. The van der Waals surface area contributed by atoms with Crippen LogP contribution in [0.5, 0.6) is 0 Å². The van der Waals surface area contributed by atoms with Gasteiger partial charge in [-0.15, -0.1) is 0 Å². The second-order valence-corrected chi connectivity index (χ2v) is 10.7. The molecule has 1 amide bonds. The molecule has 0 bridgehead atoms. The van der Waals surface area contributed by atoms with Crippen LogP contribution < -0.4 is 10.6 Å². The fraction of sp³-hybridized carbons (Fsp3) is 0.458. The van der Waals surface area contributed by atoms with Crippen LogP contribution in [-0.4, -0.2) is 38.6 Å². The summed E-state index contributed by atoms with van der Waals surface area (Å²) < 4.78 is 27.2. The van der Waals surface area contributed by atoms with Crippen molar-refractivity contribution >= 4 is 35.0 Å². The molecular weight excluding hydrogens is 464 g/mol. The summed E-state index contributed by atoms with van der Waals surface area (Å²) in [5.74, 6) is -4.53. The first kappa shape index (κ1) is 24.4. The van der Waals surface area contributed by atoms with Crippen LogP contribution in [0.3, 0.4) is 0 Å². The van der Waals surface area contributed by atoms with Crippen molar-refractivity contribution in [3.8, 4) is 0 Å². The smallest absolute Gasteiger partial charge is 0.337 e. The number of aliphatic hydroxyl groups excluding tert-OH is 1. The van der Waals surface area contributed by atoms with E-state index in [2.05, 4.69) is 22.5 Å². The van der Waals surface area contributed by atoms with Gasteiger partial charge in [0, 0.05) is 24.1 Å². The highest BCUT2D eigenvalue weighted by atomic mass is 32.2. The van der Waals surface area contributed by atoms with Crippen LogP contribution in [0.4, 0.5) is 20.2 Å². The summed E-state index contributed by atoms with van der Waals surface area (Å²) in [4.78, 5) is 28.9. The van der Waals surface area contributed by atoms with Gasteiger partial charge < -0.3 is 20.8 Å². The predicted molar refractivity (Wildman–Crippen MR) is 126 cm³/mol. The van der Waals surface area contributed by atoms with Gasteiger partial charge in [0.15, 0.2) is 0 Å². The third-order valence-electron chi connectivity index (χ3n) is 6.62. The molecule has 0 saturated heterocycles. The Bertz CT molecular complexity index is 1120. The Morgan fingerprint density at radius 3 is 2.59 bits per heavy atom. The number of hydrogen-bond acceptors (Lipinski definition) is 6. The largest absolute Gasteiger partial charge is 0.478 e. The minimum Gasteiger partial charge on any atom is -0.478 e. The Morgan fingerprint density at radius 1 is 1.26 bits per heavy atom. The predicted octanol–water partition coefficient (Wildman–Crippen LogP) is 5.18. The lowest BCUT2D eigenvalue weighted by Gasteiger charge is -2.38. The third-order valence-corrected chi connectivity index (χ3v) is 8.04. The van der Waals surface area contributed by atoms with Crippen LogP contribution in [0.1, 0.15) is 66.1 Å². The molecule has 1 saturated carbocycles. The maximum absolute atomic E-state index is 13.6. The summed E-state index contributed by atoms with van der Waals surface area (Å²) >= 11 is 1.58. The number of halogens is 2. The molecule has 34 heavy (non-hydrogen) atoms. The van der Waals surface area contributed by atoms with Gasteiger partial charge in [-0.2, -0.15) is 8.78 Å². The van der Waals surface area contributed by atoms with Crippen molar-refractivity contribution in [1.82, 2.24) is 4.98 Å². The molecule has 1 aromatic carbocycles. The summed E-state index contributed by atoms with van der Waals surface area (Å²) in [6.07, 6.45) is 3.80. The number of amides is 1. The molecule has 1 fully saturated rings. The number of nitrogens with zero attached hydrogens (tertiary/aromatic N) is 1. The number of carboxylic acid groups (broad SMARTS) is 1. The van der Waals surface area contributed by atoms with Crippen LogP contribution in [0, 0.1) is 11.8 Å². The van der Waals surface area contributed by atoms with Crippen LogP contribution in [0.2, 0.25) is 0 Å². The van der Waals surface area contributed by atoms with E-state index in [0.29, 0.717) is 24.4 Å². The van der Waals surface area contributed by atoms with Gasteiger partial charge in [-0.05, 0) is 68.7 Å². The number of aromatic carboxylic acids is 1. The van der Waals surface area contributed by atoms with Crippen LogP contribution >= 0.6 is 11.8 Å². The van der Waals surface area contributed by atoms with Gasteiger partial charge in [0.2, 0.25) is 0 Å². The number of nitrogens with one attached hydrogen (secondary N) is 2. The van der Waals surface area contributed by atoms with E-state index in [1.807, 2.05) is 0 Å². The molecule has 7 nitrogen and oxygen atoms in total. The van der Waals surface area contributed by atoms with Gasteiger partial charge in [-0.3, -0.25) is 4.79 Å². The van der Waals surface area contributed by atoms with E-state index >= 15 is 0 Å². The lowest BCUT2D eigenvalue weighted by atomic mass is 9.79. The molecule has 0 spiro atoms. The molecule has 2 heterocycles. The van der Waals surface area contributed by atoms with Crippen LogP contribution in [-0.2, 0) is 5.92 Å². The summed E-state index contributed by atoms with van der Waals surface area (Å²) in [5, 5.41) is 25.2. The maximum atomic E-state index is 13.6. The van der Waals surface area contributed by atoms with Crippen molar-refractivity contribution < 1.29 is 28.6 Å². The SMILES string of the molecule is CC(F)(F)c1cccc(C(=O)Nc2cc3c(cc2C(=O)O)NC(C)(C2CCC(CO)CC2)S3)n1. The Labute approximate surface area is 200 Å². The second-order valence-electron chi connectivity index (χ2n) is 9.18. The number of aromatic nitrogens is 1. The van der Waals surface area contributed by atoms with Crippen LogP contribution in [0.25, 0.3) is 0 Å². The summed E-state index contributed by atoms with van der Waals surface area (Å²) in [5.41, 5.74) is -0.122. The highest BCUT2D eigenvalue weighted by Crippen LogP contribution is 2.53. The average molecular weight is 492 g/mol. The number of carbonyl (C=O) groups excluding carboxylic acids is 1. The standard InChI is InChI=1S/C24H27F2N3O4S/c1-23(25,26)20-5-3-4-16(27-20)21(31)28-17-11-19-18(10-15(17)22(32)33)29-24(2,34-19)14-8-6-13(12-30)7-9-14/h3-5,10-11,13-14,29-30H,6-9,12H2,1-2H3,(H,28,31)(H,32,33). The highest BCUT2D eigenvalue weighted by molar-refractivity contribution is 8.01. The number of benzene rings is 1. The van der Waals surface area contributed by atoms with E-state index in [1.165, 1.54) is 18.2 Å². The molecule has 10 heteroatoms. The number of carboxylic acids is 1. The first-order valence-corrected chi connectivity index (χ1v) is 12.0. The zero-order chi connectivity index (χ0) is 24.7. The molecule has 1 unspecified atom stereocenters. The van der Waals surface area contributed by atoms with Gasteiger partial charge >= 0.3 is 5.97 Å². The van der Waals surface area contributed by atoms with Crippen molar-refractivity contribution in [2.24, 2.45) is 11.8 Å². The molecule has 1 aromatic heterocycles. The molecule has 4 N–H and O–H groups in total. The number of thioether (sulfide) groups is 1. The number of rotatable bonds is 6. The van der Waals surface area contributed by atoms with Crippen molar-refractivity contribution in [2.45, 2.75) is 55.2 Å². The van der Waals surface area contributed by atoms with Crippen LogP contribution in [0.15, 0.2) is 35.2 Å². The topological polar surface area (TPSA) is 112 Å². The molecule has 4 rings (SSSR count). The van der Waals surface area contributed by atoms with Gasteiger partial charge in [-0.1, -0.05) is 17.8 Å². The number of fused-ring (bicyclic) bond motifs is 1. The van der Waals surface area contributed by atoms with Gasteiger partial charge in [0.05, 0.1) is 16.1 Å². The molecule has 2 aliphatic rings. The highest BCUT2D eigenvalue weighted by Gasteiger charge is 2.42. The summed E-state index contributed by atoms with van der Waals surface area (Å²) in [6.45, 7) is 2.97. The van der Waals surface area contributed by atoms with Crippen molar-refractivity contribution in [1.29, 1.82) is 0 Å². The number of aliphatic hydroxyl groups is 1. The quantitative estimate of drug-likeness (QED) is 0.441. The van der Waals surface area contributed by atoms with Crippen molar-refractivity contribution in [3.05, 3.63) is 47.3 Å². The molecule has 1 aliphatic carbocycles. The lowest BCUT2D eigenvalue weighted by Crippen LogP contribution is -2.39. The number of anilines is 2. The Morgan fingerprint density at radius 2 is 1.97 bits per heavy atom. The first-order valence-electron chi connectivity index (χ1n) is 11.2. The van der Waals surface area contributed by atoms with E-state index in [4.69, 9.17) is 0 Å². The van der Waals surface area contributed by atoms with Crippen molar-refractivity contribution in [3.63, 3.8) is 0 Å². The fourth-order valence-corrected chi connectivity index (χ4v) is 6.05. The van der Waals surface area contributed by atoms with E-state index < -0.39 is 23.5 Å². The van der Waals surface area contributed by atoms with Gasteiger partial charge in [0.1, 0.15) is 11.4 Å². The molecular formula is C24H27F2N3O4S. The third kappa shape index (κ3) is 4.88. The number of carbonyl (C=O) groups is 2. The molecule has 2 aromatic rings. The van der Waals surface area contributed by atoms with E-state index in [0.717, 1.165) is 36.6 Å². The van der Waals surface area contributed by atoms with Crippen molar-refractivity contribution in [2.75, 3.05) is 17.2 Å². The second kappa shape index (κ2) is 9.14. The Hall–Kier alpha value is -2.72. The van der Waals surface area contributed by atoms with E-state index in [1.54, 1.807) is 17.8 Å². The number of hydrogen-bond donors (Lipinski definition) is 4. The molecule has 1 aliphatic heterocycles. The minimum atomic E-state index is -3.21. The van der Waals surface area contributed by atoms with Gasteiger partial charge in [-0.25, -0.2) is 9.78 Å². The maximum Gasteiger partial charge on any atom is 0.337 e. The molecule has 1 atom stereocenters. The fourth-order valence-electron chi connectivity index (χ4n) is 4.64. The number of alkyl halides is 2.